The molecule has 0 aliphatic heterocycles. The van der Waals surface area contributed by atoms with Crippen LogP contribution in [-0.4, -0.2) is 64.0 Å². The van der Waals surface area contributed by atoms with Crippen LogP contribution in [0.4, 0.5) is 0 Å². The fourth-order valence-corrected chi connectivity index (χ4v) is 2.69. The predicted molar refractivity (Wildman–Crippen MR) is 113 cm³/mol. The topological polar surface area (TPSA) is 58.1 Å². The molecule has 0 saturated heterocycles. The van der Waals surface area contributed by atoms with Crippen molar-refractivity contribution >= 4 is 5.96 Å². The standard InChI is InChI=1S/C21H38N4O2/c1-5-22-21(23-13-10-14-27-16-15-26-4)24-17-19-11-8-9-12-20(19)18-25(6-2)7-3/h8-9,11-12H,5-7,10,13-18H2,1-4H3,(H2,22,23,24). The van der Waals surface area contributed by atoms with Crippen LogP contribution >= 0.6 is 0 Å². The van der Waals surface area contributed by atoms with Crippen molar-refractivity contribution in [3.05, 3.63) is 35.4 Å². The van der Waals surface area contributed by atoms with Crippen LogP contribution in [0.15, 0.2) is 29.3 Å². The molecule has 2 N–H and O–H groups in total. The minimum atomic E-state index is 0.643. The Bertz CT molecular complexity index is 519. The monoisotopic (exact) mass is 378 g/mol. The van der Waals surface area contributed by atoms with Crippen molar-refractivity contribution in [2.24, 2.45) is 4.99 Å². The molecule has 0 amide bonds. The first-order chi connectivity index (χ1) is 13.2. The molecule has 0 spiro atoms. The van der Waals surface area contributed by atoms with Gasteiger partial charge in [0, 0.05) is 33.4 Å². The summed E-state index contributed by atoms with van der Waals surface area (Å²) in [5.41, 5.74) is 2.64. The second-order valence-corrected chi connectivity index (χ2v) is 6.31. The van der Waals surface area contributed by atoms with Gasteiger partial charge in [0.2, 0.25) is 0 Å². The molecule has 0 bridgehead atoms. The molecule has 1 aromatic carbocycles. The molecule has 0 unspecified atom stereocenters. The van der Waals surface area contributed by atoms with Gasteiger partial charge in [-0.15, -0.1) is 0 Å². The van der Waals surface area contributed by atoms with Crippen LogP contribution < -0.4 is 10.6 Å². The molecule has 1 rings (SSSR count). The van der Waals surface area contributed by atoms with Crippen molar-refractivity contribution in [2.45, 2.75) is 40.3 Å². The largest absolute Gasteiger partial charge is 0.382 e. The van der Waals surface area contributed by atoms with Crippen molar-refractivity contribution in [3.63, 3.8) is 0 Å². The fraction of sp³-hybridized carbons (Fsp3) is 0.667. The molecule has 0 fully saturated rings. The first-order valence-corrected chi connectivity index (χ1v) is 10.1. The second-order valence-electron chi connectivity index (χ2n) is 6.31. The third-order valence-corrected chi connectivity index (χ3v) is 4.35. The number of aliphatic imine (C=N–C) groups is 1. The molecular weight excluding hydrogens is 340 g/mol. The third-order valence-electron chi connectivity index (χ3n) is 4.35. The van der Waals surface area contributed by atoms with Gasteiger partial charge in [-0.2, -0.15) is 0 Å². The lowest BCUT2D eigenvalue weighted by molar-refractivity contribution is 0.0698. The molecule has 0 aromatic heterocycles. The highest BCUT2D eigenvalue weighted by Gasteiger charge is 2.06. The molecular formula is C21H38N4O2. The number of rotatable bonds is 14. The average molecular weight is 379 g/mol. The number of benzene rings is 1. The van der Waals surface area contributed by atoms with Gasteiger partial charge in [-0.05, 0) is 37.6 Å². The zero-order valence-electron chi connectivity index (χ0n) is 17.6. The SMILES string of the molecule is CCNC(=NCc1ccccc1CN(CC)CC)NCCCOCCOC. The summed E-state index contributed by atoms with van der Waals surface area (Å²) in [4.78, 5) is 7.19. The Hall–Kier alpha value is -1.63. The molecule has 0 aliphatic rings. The van der Waals surface area contributed by atoms with Gasteiger partial charge in [-0.25, -0.2) is 4.99 Å². The third kappa shape index (κ3) is 10.3. The van der Waals surface area contributed by atoms with E-state index in [2.05, 4.69) is 60.6 Å². The number of nitrogens with zero attached hydrogens (tertiary/aromatic N) is 2. The van der Waals surface area contributed by atoms with Crippen LogP contribution in [0.2, 0.25) is 0 Å². The molecule has 27 heavy (non-hydrogen) atoms. The van der Waals surface area contributed by atoms with Crippen LogP contribution in [0.3, 0.4) is 0 Å². The van der Waals surface area contributed by atoms with Crippen LogP contribution in [0.5, 0.6) is 0 Å². The maximum Gasteiger partial charge on any atom is 0.191 e. The average Bonchev–Trinajstić information content (AvgIpc) is 2.70. The van der Waals surface area contributed by atoms with Gasteiger partial charge < -0.3 is 20.1 Å². The zero-order valence-corrected chi connectivity index (χ0v) is 17.6. The van der Waals surface area contributed by atoms with E-state index in [-0.39, 0.29) is 0 Å². The van der Waals surface area contributed by atoms with E-state index in [9.17, 15) is 0 Å². The number of hydrogen-bond acceptors (Lipinski definition) is 4. The van der Waals surface area contributed by atoms with Crippen molar-refractivity contribution in [1.82, 2.24) is 15.5 Å². The molecule has 0 saturated carbocycles. The fourth-order valence-electron chi connectivity index (χ4n) is 2.69. The van der Waals surface area contributed by atoms with Crippen molar-refractivity contribution < 1.29 is 9.47 Å². The normalized spacial score (nSPS) is 11.8. The molecule has 154 valence electrons. The first-order valence-electron chi connectivity index (χ1n) is 10.1. The zero-order chi connectivity index (χ0) is 19.7. The summed E-state index contributed by atoms with van der Waals surface area (Å²) in [7, 11) is 1.68. The van der Waals surface area contributed by atoms with Crippen molar-refractivity contribution in [3.8, 4) is 0 Å². The molecule has 0 heterocycles. The van der Waals surface area contributed by atoms with Gasteiger partial charge in [0.25, 0.3) is 0 Å². The van der Waals surface area contributed by atoms with E-state index >= 15 is 0 Å². The summed E-state index contributed by atoms with van der Waals surface area (Å²) >= 11 is 0. The molecule has 1 aromatic rings. The van der Waals surface area contributed by atoms with Gasteiger partial charge in [-0.3, -0.25) is 4.90 Å². The molecule has 6 nitrogen and oxygen atoms in total. The summed E-state index contributed by atoms with van der Waals surface area (Å²) in [6.07, 6.45) is 0.937. The van der Waals surface area contributed by atoms with E-state index < -0.39 is 0 Å². The highest BCUT2D eigenvalue weighted by atomic mass is 16.5. The van der Waals surface area contributed by atoms with E-state index in [1.54, 1.807) is 7.11 Å². The maximum absolute atomic E-state index is 5.49. The number of ether oxygens (including phenoxy) is 2. The predicted octanol–water partition coefficient (Wildman–Crippen LogP) is 2.64. The lowest BCUT2D eigenvalue weighted by atomic mass is 10.1. The first kappa shape index (κ1) is 23.4. The Kier molecular flexibility index (Phi) is 13.4. The smallest absolute Gasteiger partial charge is 0.191 e. The lowest BCUT2D eigenvalue weighted by Gasteiger charge is -2.20. The number of guanidine groups is 1. The van der Waals surface area contributed by atoms with E-state index in [1.165, 1.54) is 11.1 Å². The Balaban J connectivity index is 2.54. The number of nitrogens with one attached hydrogen (secondary N) is 2. The van der Waals surface area contributed by atoms with Gasteiger partial charge >= 0.3 is 0 Å². The van der Waals surface area contributed by atoms with Crippen LogP contribution in [0.1, 0.15) is 38.3 Å². The lowest BCUT2D eigenvalue weighted by Crippen LogP contribution is -2.38. The second kappa shape index (κ2) is 15.4. The number of hydrogen-bond donors (Lipinski definition) is 2. The molecule has 0 radical (unpaired) electrons. The van der Waals surface area contributed by atoms with Gasteiger partial charge in [0.1, 0.15) is 0 Å². The number of methoxy groups -OCH3 is 1. The summed E-state index contributed by atoms with van der Waals surface area (Å²) in [5, 5.41) is 6.70. The minimum absolute atomic E-state index is 0.643. The van der Waals surface area contributed by atoms with Crippen molar-refractivity contribution in [1.29, 1.82) is 0 Å². The van der Waals surface area contributed by atoms with Gasteiger partial charge in [-0.1, -0.05) is 38.1 Å². The highest BCUT2D eigenvalue weighted by molar-refractivity contribution is 5.79. The quantitative estimate of drug-likeness (QED) is 0.296. The molecule has 0 atom stereocenters. The summed E-state index contributed by atoms with van der Waals surface area (Å²) < 4.78 is 10.5. The van der Waals surface area contributed by atoms with Gasteiger partial charge in [0.15, 0.2) is 5.96 Å². The Morgan fingerprint density at radius 1 is 1.00 bits per heavy atom. The highest BCUT2D eigenvalue weighted by Crippen LogP contribution is 2.13. The van der Waals surface area contributed by atoms with Crippen LogP contribution in [0, 0.1) is 0 Å². The minimum Gasteiger partial charge on any atom is -0.382 e. The van der Waals surface area contributed by atoms with Crippen molar-refractivity contribution in [2.75, 3.05) is 53.1 Å². The van der Waals surface area contributed by atoms with E-state index in [1.807, 2.05) is 0 Å². The Morgan fingerprint density at radius 3 is 2.41 bits per heavy atom. The maximum atomic E-state index is 5.49. The Morgan fingerprint density at radius 2 is 1.74 bits per heavy atom. The van der Waals surface area contributed by atoms with Gasteiger partial charge in [0.05, 0.1) is 19.8 Å². The summed E-state index contributed by atoms with van der Waals surface area (Å²) in [6.45, 7) is 14.0. The summed E-state index contributed by atoms with van der Waals surface area (Å²) in [5.74, 6) is 0.854. The molecule has 0 aliphatic carbocycles. The van der Waals surface area contributed by atoms with E-state index in [4.69, 9.17) is 14.5 Å². The van der Waals surface area contributed by atoms with Crippen LogP contribution in [-0.2, 0) is 22.6 Å². The van der Waals surface area contributed by atoms with E-state index in [0.717, 1.165) is 51.7 Å². The summed E-state index contributed by atoms with van der Waals surface area (Å²) in [6, 6.07) is 8.59. The van der Waals surface area contributed by atoms with E-state index in [0.29, 0.717) is 19.8 Å². The van der Waals surface area contributed by atoms with Crippen LogP contribution in [0.25, 0.3) is 0 Å². The molecule has 6 heteroatoms. The Labute approximate surface area is 165 Å².